The van der Waals surface area contributed by atoms with Crippen molar-refractivity contribution in [2.45, 2.75) is 6.92 Å². The lowest BCUT2D eigenvalue weighted by Gasteiger charge is -2.06. The number of rotatable bonds is 5. The lowest BCUT2D eigenvalue weighted by molar-refractivity contribution is 0.318. The number of nitrogens with two attached hydrogens (primary N) is 1. The number of hydrogen-bond acceptors (Lipinski definition) is 4. The zero-order valence-electron chi connectivity index (χ0n) is 8.81. The molecule has 4 nitrogen and oxygen atoms in total. The highest BCUT2D eigenvalue weighted by atomic mass is 16.5. The van der Waals surface area contributed by atoms with E-state index in [1.54, 1.807) is 18.3 Å². The normalized spacial score (nSPS) is 10.8. The van der Waals surface area contributed by atoms with E-state index in [0.29, 0.717) is 31.0 Å². The van der Waals surface area contributed by atoms with Gasteiger partial charge in [0.15, 0.2) is 11.5 Å². The van der Waals surface area contributed by atoms with Crippen molar-refractivity contribution >= 4 is 6.21 Å². The van der Waals surface area contributed by atoms with Crippen molar-refractivity contribution in [2.24, 2.45) is 10.7 Å². The first-order valence-corrected chi connectivity index (χ1v) is 4.94. The molecule has 0 saturated heterocycles. The van der Waals surface area contributed by atoms with Crippen molar-refractivity contribution < 1.29 is 9.84 Å². The maximum absolute atomic E-state index is 9.77. The van der Waals surface area contributed by atoms with Crippen LogP contribution in [0.1, 0.15) is 12.5 Å². The van der Waals surface area contributed by atoms with E-state index in [1.807, 2.05) is 13.0 Å². The fourth-order valence-electron chi connectivity index (χ4n) is 1.15. The molecule has 0 saturated carbocycles. The van der Waals surface area contributed by atoms with E-state index in [4.69, 9.17) is 10.5 Å². The van der Waals surface area contributed by atoms with Gasteiger partial charge in [0.1, 0.15) is 0 Å². The van der Waals surface area contributed by atoms with Crippen LogP contribution in [-0.4, -0.2) is 31.0 Å². The lowest BCUT2D eigenvalue weighted by atomic mass is 10.2. The maximum atomic E-state index is 9.77. The quantitative estimate of drug-likeness (QED) is 0.714. The molecule has 4 heteroatoms. The highest BCUT2D eigenvalue weighted by Gasteiger charge is 2.04. The third kappa shape index (κ3) is 3.25. The molecular weight excluding hydrogens is 192 g/mol. The molecule has 1 rings (SSSR count). The third-order valence-electron chi connectivity index (χ3n) is 1.82. The van der Waals surface area contributed by atoms with Crippen LogP contribution < -0.4 is 10.5 Å². The summed E-state index contributed by atoms with van der Waals surface area (Å²) in [4.78, 5) is 4.06. The molecule has 0 bridgehead atoms. The number of phenols is 1. The van der Waals surface area contributed by atoms with Gasteiger partial charge in [0.2, 0.25) is 0 Å². The number of aliphatic imine (C=N–C) groups is 1. The van der Waals surface area contributed by atoms with Gasteiger partial charge in [-0.1, -0.05) is 6.07 Å². The van der Waals surface area contributed by atoms with Crippen molar-refractivity contribution in [3.05, 3.63) is 23.8 Å². The van der Waals surface area contributed by atoms with Crippen LogP contribution >= 0.6 is 0 Å². The minimum atomic E-state index is 0.125. The van der Waals surface area contributed by atoms with E-state index in [1.165, 1.54) is 0 Å². The fraction of sp³-hybridized carbons (Fsp3) is 0.364. The summed E-state index contributed by atoms with van der Waals surface area (Å²) in [7, 11) is 0. The van der Waals surface area contributed by atoms with E-state index in [-0.39, 0.29) is 5.75 Å². The van der Waals surface area contributed by atoms with E-state index in [0.717, 1.165) is 0 Å². The first-order valence-electron chi connectivity index (χ1n) is 4.94. The fourth-order valence-corrected chi connectivity index (χ4v) is 1.15. The summed E-state index contributed by atoms with van der Waals surface area (Å²) >= 11 is 0. The van der Waals surface area contributed by atoms with Crippen molar-refractivity contribution in [2.75, 3.05) is 19.7 Å². The monoisotopic (exact) mass is 208 g/mol. The summed E-state index contributed by atoms with van der Waals surface area (Å²) < 4.78 is 5.25. The molecule has 0 unspecified atom stereocenters. The number of para-hydroxylation sites is 1. The summed E-state index contributed by atoms with van der Waals surface area (Å²) in [6.45, 7) is 3.45. The van der Waals surface area contributed by atoms with E-state index >= 15 is 0 Å². The highest BCUT2D eigenvalue weighted by molar-refractivity contribution is 5.84. The Balaban J connectivity index is 2.84. The number of ether oxygens (including phenoxy) is 1. The Hall–Kier alpha value is -1.55. The van der Waals surface area contributed by atoms with Crippen LogP contribution in [0, 0.1) is 0 Å². The Kier molecular flexibility index (Phi) is 4.63. The molecule has 3 N–H and O–H groups in total. The topological polar surface area (TPSA) is 67.8 Å². The van der Waals surface area contributed by atoms with E-state index < -0.39 is 0 Å². The minimum Gasteiger partial charge on any atom is -0.504 e. The molecule has 0 fully saturated rings. The molecule has 0 amide bonds. The molecule has 0 heterocycles. The van der Waals surface area contributed by atoms with Crippen LogP contribution in [0.15, 0.2) is 23.2 Å². The third-order valence-corrected chi connectivity index (χ3v) is 1.82. The number of phenolic OH excluding ortho intramolecular Hbond substituents is 1. The zero-order chi connectivity index (χ0) is 11.1. The second-order valence-electron chi connectivity index (χ2n) is 2.95. The molecule has 1 aromatic rings. The van der Waals surface area contributed by atoms with Gasteiger partial charge in [0.05, 0.1) is 13.2 Å². The average Bonchev–Trinajstić information content (AvgIpc) is 2.24. The van der Waals surface area contributed by atoms with Gasteiger partial charge in [-0.2, -0.15) is 0 Å². The smallest absolute Gasteiger partial charge is 0.166 e. The van der Waals surface area contributed by atoms with Gasteiger partial charge in [-0.15, -0.1) is 0 Å². The van der Waals surface area contributed by atoms with Crippen molar-refractivity contribution in [1.82, 2.24) is 0 Å². The second-order valence-corrected chi connectivity index (χ2v) is 2.95. The van der Waals surface area contributed by atoms with Gasteiger partial charge in [-0.3, -0.25) is 4.99 Å². The lowest BCUT2D eigenvalue weighted by Crippen LogP contribution is -2.02. The molecule has 0 atom stereocenters. The Morgan fingerprint density at radius 3 is 3.00 bits per heavy atom. The first kappa shape index (κ1) is 11.5. The number of aromatic hydroxyl groups is 1. The predicted octanol–water partition coefficient (Wildman–Crippen LogP) is 1.17. The summed E-state index contributed by atoms with van der Waals surface area (Å²) in [5.41, 5.74) is 5.95. The number of hydrogen-bond donors (Lipinski definition) is 2. The zero-order valence-corrected chi connectivity index (χ0v) is 8.81. The molecule has 15 heavy (non-hydrogen) atoms. The maximum Gasteiger partial charge on any atom is 0.166 e. The number of benzene rings is 1. The van der Waals surface area contributed by atoms with E-state index in [9.17, 15) is 5.11 Å². The molecule has 1 aromatic carbocycles. The first-order chi connectivity index (χ1) is 7.29. The van der Waals surface area contributed by atoms with Crippen molar-refractivity contribution in [3.8, 4) is 11.5 Å². The van der Waals surface area contributed by atoms with Crippen molar-refractivity contribution in [1.29, 1.82) is 0 Å². The van der Waals surface area contributed by atoms with Gasteiger partial charge in [0.25, 0.3) is 0 Å². The van der Waals surface area contributed by atoms with Gasteiger partial charge in [-0.05, 0) is 19.1 Å². The summed E-state index contributed by atoms with van der Waals surface area (Å²) in [5.74, 6) is 0.606. The van der Waals surface area contributed by atoms with Gasteiger partial charge in [0, 0.05) is 18.3 Å². The Labute approximate surface area is 89.4 Å². The Morgan fingerprint density at radius 2 is 2.33 bits per heavy atom. The SMILES string of the molecule is CCOc1cccc(C=NCCN)c1O. The van der Waals surface area contributed by atoms with Crippen LogP contribution in [0.25, 0.3) is 0 Å². The van der Waals surface area contributed by atoms with Gasteiger partial charge < -0.3 is 15.6 Å². The molecule has 0 spiro atoms. The van der Waals surface area contributed by atoms with Crippen LogP contribution in [0.5, 0.6) is 11.5 Å². The predicted molar refractivity (Wildman–Crippen MR) is 60.8 cm³/mol. The van der Waals surface area contributed by atoms with Crippen LogP contribution in [-0.2, 0) is 0 Å². The Bertz CT molecular complexity index is 337. The van der Waals surface area contributed by atoms with Gasteiger partial charge in [-0.25, -0.2) is 0 Å². The second kappa shape index (κ2) is 6.03. The van der Waals surface area contributed by atoms with E-state index in [2.05, 4.69) is 4.99 Å². The molecular formula is C11H16N2O2. The average molecular weight is 208 g/mol. The number of nitrogens with zero attached hydrogens (tertiary/aromatic N) is 1. The molecule has 0 aliphatic rings. The largest absolute Gasteiger partial charge is 0.504 e. The molecule has 82 valence electrons. The minimum absolute atomic E-state index is 0.125. The molecule has 0 radical (unpaired) electrons. The van der Waals surface area contributed by atoms with Gasteiger partial charge >= 0.3 is 0 Å². The summed E-state index contributed by atoms with van der Waals surface area (Å²) in [6.07, 6.45) is 1.60. The summed E-state index contributed by atoms with van der Waals surface area (Å²) in [6, 6.07) is 5.31. The van der Waals surface area contributed by atoms with Crippen LogP contribution in [0.4, 0.5) is 0 Å². The Morgan fingerprint density at radius 1 is 1.53 bits per heavy atom. The van der Waals surface area contributed by atoms with Crippen LogP contribution in [0.3, 0.4) is 0 Å². The van der Waals surface area contributed by atoms with Crippen LogP contribution in [0.2, 0.25) is 0 Å². The van der Waals surface area contributed by atoms with Crippen molar-refractivity contribution in [3.63, 3.8) is 0 Å². The molecule has 0 aromatic heterocycles. The molecule has 0 aliphatic heterocycles. The standard InChI is InChI=1S/C11H16N2O2/c1-2-15-10-5-3-4-9(11(10)14)8-13-7-6-12/h3-5,8,14H,2,6-7,12H2,1H3. The highest BCUT2D eigenvalue weighted by Crippen LogP contribution is 2.28. The molecule has 0 aliphatic carbocycles. The summed E-state index contributed by atoms with van der Waals surface area (Å²) in [5, 5.41) is 9.77.